The number of nitrogens with zero attached hydrogens (tertiary/aromatic N) is 2. The molecule has 1 atom stereocenters. The maximum Gasteiger partial charge on any atom is 0.354 e. The Morgan fingerprint density at radius 1 is 1.38 bits per heavy atom. The molecule has 1 saturated heterocycles. The van der Waals surface area contributed by atoms with E-state index in [1.165, 1.54) is 6.07 Å². The Hall–Kier alpha value is -2.47. The van der Waals surface area contributed by atoms with E-state index in [4.69, 9.17) is 5.11 Å². The highest BCUT2D eigenvalue weighted by atomic mass is 16.4. The Labute approximate surface area is 121 Å². The van der Waals surface area contributed by atoms with Gasteiger partial charge in [-0.05, 0) is 37.1 Å². The van der Waals surface area contributed by atoms with Gasteiger partial charge < -0.3 is 15.3 Å². The molecule has 0 amide bonds. The number of carbonyl (C=O) groups excluding carboxylic acids is 1. The molecular weight excluding hydrogens is 270 g/mol. The number of anilines is 1. The molecule has 1 aliphatic rings. The van der Waals surface area contributed by atoms with Gasteiger partial charge >= 0.3 is 5.97 Å². The molecule has 0 saturated carbocycles. The Balaban J connectivity index is 1.86. The normalized spacial score (nSPS) is 18.8. The summed E-state index contributed by atoms with van der Waals surface area (Å²) in [5, 5.41) is 11.7. The second kappa shape index (κ2) is 5.49. The van der Waals surface area contributed by atoms with E-state index in [-0.39, 0.29) is 11.7 Å². The fraction of sp³-hybridized carbons (Fsp3) is 0.267. The summed E-state index contributed by atoms with van der Waals surface area (Å²) in [5.41, 5.74) is 4.76. The molecule has 0 radical (unpaired) electrons. The molecule has 1 aromatic heterocycles. The maximum absolute atomic E-state index is 11.0. The molecule has 1 fully saturated rings. The van der Waals surface area contributed by atoms with Gasteiger partial charge in [0, 0.05) is 17.6 Å². The second-order valence-corrected chi connectivity index (χ2v) is 5.06. The number of aldehydes is 1. The lowest BCUT2D eigenvalue weighted by molar-refractivity contribution is -0.111. The first-order valence-corrected chi connectivity index (χ1v) is 6.80. The number of hydrogen-bond acceptors (Lipinski definition) is 5. The van der Waals surface area contributed by atoms with E-state index in [1.807, 2.05) is 17.1 Å². The van der Waals surface area contributed by atoms with Crippen molar-refractivity contribution in [2.45, 2.75) is 18.9 Å². The Bertz CT molecular complexity index is 702. The number of pyridine rings is 1. The summed E-state index contributed by atoms with van der Waals surface area (Å²) in [5.74, 6) is -1.04. The number of hydrazine groups is 1. The number of aromatic carboxylic acids is 1. The van der Waals surface area contributed by atoms with Crippen molar-refractivity contribution in [2.75, 3.05) is 12.0 Å². The lowest BCUT2D eigenvalue weighted by atomic mass is 10.2. The summed E-state index contributed by atoms with van der Waals surface area (Å²) in [4.78, 5) is 26.0. The standard InChI is InChI=1S/C15H15N3O3/c19-9-12-2-1-7-18(12)17-11-4-6-13-10(8-11)3-5-14(16-13)15(20)21/h3-6,8-9,12,17H,1-2,7H2,(H,20,21)/t12-/m0/s1. The van der Waals surface area contributed by atoms with Crippen molar-refractivity contribution in [3.8, 4) is 0 Å². The highest BCUT2D eigenvalue weighted by Crippen LogP contribution is 2.21. The van der Waals surface area contributed by atoms with Gasteiger partial charge in [0.15, 0.2) is 0 Å². The number of carboxylic acid groups (broad SMARTS) is 1. The van der Waals surface area contributed by atoms with Crippen LogP contribution in [0.4, 0.5) is 5.69 Å². The predicted octanol–water partition coefficient (Wildman–Crippen LogP) is 1.92. The van der Waals surface area contributed by atoms with Crippen LogP contribution in [0.2, 0.25) is 0 Å². The van der Waals surface area contributed by atoms with Crippen molar-refractivity contribution in [1.29, 1.82) is 0 Å². The summed E-state index contributed by atoms with van der Waals surface area (Å²) < 4.78 is 0. The Morgan fingerprint density at radius 3 is 3.00 bits per heavy atom. The van der Waals surface area contributed by atoms with Crippen molar-refractivity contribution in [3.63, 3.8) is 0 Å². The summed E-state index contributed by atoms with van der Waals surface area (Å²) in [7, 11) is 0. The van der Waals surface area contributed by atoms with E-state index >= 15 is 0 Å². The number of carboxylic acids is 1. The zero-order chi connectivity index (χ0) is 14.8. The molecule has 0 aliphatic carbocycles. The molecule has 3 rings (SSSR count). The number of benzene rings is 1. The van der Waals surface area contributed by atoms with Crippen LogP contribution in [0.5, 0.6) is 0 Å². The van der Waals surface area contributed by atoms with E-state index in [0.29, 0.717) is 5.52 Å². The SMILES string of the molecule is O=C[C@@H]1CCCN1Nc1ccc2nc(C(=O)O)ccc2c1. The third kappa shape index (κ3) is 2.71. The molecule has 21 heavy (non-hydrogen) atoms. The fourth-order valence-electron chi connectivity index (χ4n) is 2.55. The van der Waals surface area contributed by atoms with Gasteiger partial charge in [0.25, 0.3) is 0 Å². The predicted molar refractivity (Wildman–Crippen MR) is 78.1 cm³/mol. The summed E-state index contributed by atoms with van der Waals surface area (Å²) >= 11 is 0. The summed E-state index contributed by atoms with van der Waals surface area (Å²) in [6, 6.07) is 8.63. The molecule has 2 N–H and O–H groups in total. The smallest absolute Gasteiger partial charge is 0.354 e. The van der Waals surface area contributed by atoms with Gasteiger partial charge in [-0.1, -0.05) is 6.07 Å². The van der Waals surface area contributed by atoms with E-state index in [1.54, 1.807) is 12.1 Å². The molecular formula is C15H15N3O3. The van der Waals surface area contributed by atoms with Crippen LogP contribution in [0.15, 0.2) is 30.3 Å². The molecule has 2 aromatic rings. The zero-order valence-corrected chi connectivity index (χ0v) is 11.3. The van der Waals surface area contributed by atoms with E-state index in [2.05, 4.69) is 10.4 Å². The largest absolute Gasteiger partial charge is 0.477 e. The van der Waals surface area contributed by atoms with Gasteiger partial charge in [-0.15, -0.1) is 0 Å². The molecule has 0 bridgehead atoms. The van der Waals surface area contributed by atoms with Gasteiger partial charge in [0.05, 0.1) is 11.6 Å². The van der Waals surface area contributed by atoms with Crippen molar-refractivity contribution < 1.29 is 14.7 Å². The minimum atomic E-state index is -1.04. The average Bonchev–Trinajstić information content (AvgIpc) is 2.93. The highest BCUT2D eigenvalue weighted by molar-refractivity contribution is 5.90. The van der Waals surface area contributed by atoms with Gasteiger partial charge in [0.1, 0.15) is 12.0 Å². The van der Waals surface area contributed by atoms with Crippen molar-refractivity contribution in [1.82, 2.24) is 9.99 Å². The Morgan fingerprint density at radius 2 is 2.24 bits per heavy atom. The summed E-state index contributed by atoms with van der Waals surface area (Å²) in [6.45, 7) is 0.831. The average molecular weight is 285 g/mol. The number of fused-ring (bicyclic) bond motifs is 1. The van der Waals surface area contributed by atoms with Crippen molar-refractivity contribution >= 4 is 28.8 Å². The third-order valence-corrected chi connectivity index (χ3v) is 3.64. The molecule has 6 nitrogen and oxygen atoms in total. The fourth-order valence-corrected chi connectivity index (χ4v) is 2.55. The lowest BCUT2D eigenvalue weighted by Crippen LogP contribution is -2.35. The number of nitrogens with one attached hydrogen (secondary N) is 1. The monoisotopic (exact) mass is 285 g/mol. The minimum absolute atomic E-state index is 0.0313. The van der Waals surface area contributed by atoms with Gasteiger partial charge in [0.2, 0.25) is 0 Å². The number of aromatic nitrogens is 1. The molecule has 2 heterocycles. The van der Waals surface area contributed by atoms with Gasteiger partial charge in [-0.3, -0.25) is 0 Å². The van der Waals surface area contributed by atoms with E-state index in [0.717, 1.165) is 36.7 Å². The zero-order valence-electron chi connectivity index (χ0n) is 11.3. The van der Waals surface area contributed by atoms with Crippen LogP contribution in [0.25, 0.3) is 10.9 Å². The van der Waals surface area contributed by atoms with E-state index in [9.17, 15) is 9.59 Å². The minimum Gasteiger partial charge on any atom is -0.477 e. The molecule has 1 aliphatic heterocycles. The van der Waals surface area contributed by atoms with Crippen LogP contribution in [0.3, 0.4) is 0 Å². The van der Waals surface area contributed by atoms with Crippen LogP contribution in [0, 0.1) is 0 Å². The van der Waals surface area contributed by atoms with Crippen LogP contribution < -0.4 is 5.43 Å². The first-order valence-electron chi connectivity index (χ1n) is 6.80. The molecule has 108 valence electrons. The molecule has 0 spiro atoms. The summed E-state index contributed by atoms with van der Waals surface area (Å²) in [6.07, 6.45) is 2.82. The molecule has 1 aromatic carbocycles. The van der Waals surface area contributed by atoms with Crippen LogP contribution in [0.1, 0.15) is 23.3 Å². The van der Waals surface area contributed by atoms with E-state index < -0.39 is 5.97 Å². The lowest BCUT2D eigenvalue weighted by Gasteiger charge is -2.22. The van der Waals surface area contributed by atoms with Crippen molar-refractivity contribution in [2.24, 2.45) is 0 Å². The van der Waals surface area contributed by atoms with Gasteiger partial charge in [-0.2, -0.15) is 0 Å². The molecule has 6 heteroatoms. The third-order valence-electron chi connectivity index (χ3n) is 3.64. The number of rotatable bonds is 4. The first kappa shape index (κ1) is 13.5. The highest BCUT2D eigenvalue weighted by Gasteiger charge is 2.23. The first-order chi connectivity index (χ1) is 10.2. The number of carbonyl (C=O) groups is 2. The quantitative estimate of drug-likeness (QED) is 0.835. The van der Waals surface area contributed by atoms with Gasteiger partial charge in [-0.25, -0.2) is 14.8 Å². The Kier molecular flexibility index (Phi) is 3.53. The van der Waals surface area contributed by atoms with Crippen LogP contribution in [-0.2, 0) is 4.79 Å². The van der Waals surface area contributed by atoms with Crippen molar-refractivity contribution in [3.05, 3.63) is 36.0 Å². The van der Waals surface area contributed by atoms with Crippen LogP contribution in [-0.4, -0.2) is 39.9 Å². The number of hydrogen-bond donors (Lipinski definition) is 2. The van der Waals surface area contributed by atoms with Crippen LogP contribution >= 0.6 is 0 Å². The topological polar surface area (TPSA) is 82.5 Å². The second-order valence-electron chi connectivity index (χ2n) is 5.06. The molecule has 0 unspecified atom stereocenters. The maximum atomic E-state index is 11.0.